The van der Waals surface area contributed by atoms with Crippen LogP contribution in [-0.2, 0) is 4.74 Å². The van der Waals surface area contributed by atoms with Crippen LogP contribution in [0.25, 0.3) is 10.9 Å². The quantitative estimate of drug-likeness (QED) is 0.614. The van der Waals surface area contributed by atoms with Crippen molar-refractivity contribution in [2.24, 2.45) is 0 Å². The van der Waals surface area contributed by atoms with Gasteiger partial charge in [0.05, 0.1) is 29.7 Å². The topological polar surface area (TPSA) is 110 Å². The third-order valence-corrected chi connectivity index (χ3v) is 6.46. The number of anilines is 1. The SMILES string of the molecule is COC[C@H](C)Nc1ncc2c(OC3CCC(O)CC3)ncc(C3CCC(O)CC3)c2n1. The maximum Gasteiger partial charge on any atom is 0.224 e. The van der Waals surface area contributed by atoms with Crippen LogP contribution in [0.5, 0.6) is 5.88 Å². The number of fused-ring (bicyclic) bond motifs is 1. The number of rotatable bonds is 7. The molecule has 1 atom stereocenters. The lowest BCUT2D eigenvalue weighted by Crippen LogP contribution is -2.27. The molecule has 2 aliphatic rings. The van der Waals surface area contributed by atoms with E-state index < -0.39 is 0 Å². The monoisotopic (exact) mass is 430 g/mol. The lowest BCUT2D eigenvalue weighted by Gasteiger charge is -2.28. The maximum absolute atomic E-state index is 9.93. The largest absolute Gasteiger partial charge is 0.474 e. The number of methoxy groups -OCH3 is 1. The first-order valence-electron chi connectivity index (χ1n) is 11.5. The van der Waals surface area contributed by atoms with E-state index in [0.717, 1.165) is 67.8 Å². The van der Waals surface area contributed by atoms with Crippen LogP contribution in [0.4, 0.5) is 5.95 Å². The molecule has 8 nitrogen and oxygen atoms in total. The number of aliphatic hydroxyl groups is 2. The van der Waals surface area contributed by atoms with Crippen molar-refractivity contribution in [2.45, 2.75) is 88.6 Å². The summed E-state index contributed by atoms with van der Waals surface area (Å²) in [6.45, 7) is 2.59. The summed E-state index contributed by atoms with van der Waals surface area (Å²) < 4.78 is 11.5. The summed E-state index contributed by atoms with van der Waals surface area (Å²) in [5, 5.41) is 23.8. The van der Waals surface area contributed by atoms with E-state index in [9.17, 15) is 10.2 Å². The molecular weight excluding hydrogens is 396 g/mol. The second kappa shape index (κ2) is 10.1. The summed E-state index contributed by atoms with van der Waals surface area (Å²) in [5.74, 6) is 1.44. The van der Waals surface area contributed by atoms with Crippen LogP contribution in [0.3, 0.4) is 0 Å². The Morgan fingerprint density at radius 1 is 1.00 bits per heavy atom. The highest BCUT2D eigenvalue weighted by atomic mass is 16.5. The number of aliphatic hydroxyl groups excluding tert-OH is 2. The molecule has 0 saturated heterocycles. The van der Waals surface area contributed by atoms with Crippen LogP contribution in [0.1, 0.15) is 69.8 Å². The maximum atomic E-state index is 9.93. The molecule has 0 radical (unpaired) electrons. The molecule has 0 aliphatic heterocycles. The Bertz CT molecular complexity index is 864. The van der Waals surface area contributed by atoms with Gasteiger partial charge in [-0.2, -0.15) is 0 Å². The number of hydrogen-bond donors (Lipinski definition) is 3. The average molecular weight is 431 g/mol. The molecule has 4 rings (SSSR count). The Morgan fingerprint density at radius 3 is 2.35 bits per heavy atom. The number of nitrogens with one attached hydrogen (secondary N) is 1. The van der Waals surface area contributed by atoms with Gasteiger partial charge in [0.15, 0.2) is 0 Å². The van der Waals surface area contributed by atoms with Crippen molar-refractivity contribution in [3.8, 4) is 5.88 Å². The Kier molecular flexibility index (Phi) is 7.20. The van der Waals surface area contributed by atoms with Crippen molar-refractivity contribution in [2.75, 3.05) is 19.0 Å². The van der Waals surface area contributed by atoms with Gasteiger partial charge in [-0.05, 0) is 64.2 Å². The van der Waals surface area contributed by atoms with E-state index >= 15 is 0 Å². The highest BCUT2D eigenvalue weighted by Gasteiger charge is 2.26. The molecule has 2 aromatic rings. The van der Waals surface area contributed by atoms with Crippen LogP contribution < -0.4 is 10.1 Å². The summed E-state index contributed by atoms with van der Waals surface area (Å²) in [6, 6.07) is 0.0851. The van der Waals surface area contributed by atoms with Crippen LogP contribution in [0.2, 0.25) is 0 Å². The van der Waals surface area contributed by atoms with Crippen molar-refractivity contribution in [1.29, 1.82) is 0 Å². The van der Waals surface area contributed by atoms with Gasteiger partial charge >= 0.3 is 0 Å². The average Bonchev–Trinajstić information content (AvgIpc) is 2.76. The Hall–Kier alpha value is -2.03. The van der Waals surface area contributed by atoms with Gasteiger partial charge in [0.25, 0.3) is 0 Å². The molecule has 2 saturated carbocycles. The molecule has 2 fully saturated rings. The Labute approximate surface area is 183 Å². The first-order valence-corrected chi connectivity index (χ1v) is 11.5. The third kappa shape index (κ3) is 5.42. The van der Waals surface area contributed by atoms with Gasteiger partial charge in [-0.15, -0.1) is 0 Å². The van der Waals surface area contributed by atoms with Gasteiger partial charge in [-0.25, -0.2) is 15.0 Å². The van der Waals surface area contributed by atoms with Gasteiger partial charge in [-0.3, -0.25) is 0 Å². The highest BCUT2D eigenvalue weighted by Crippen LogP contribution is 2.38. The van der Waals surface area contributed by atoms with E-state index in [1.54, 1.807) is 13.3 Å². The third-order valence-electron chi connectivity index (χ3n) is 6.46. The van der Waals surface area contributed by atoms with Gasteiger partial charge < -0.3 is 25.0 Å². The molecule has 3 N–H and O–H groups in total. The number of pyridine rings is 1. The molecule has 0 bridgehead atoms. The van der Waals surface area contributed by atoms with Crippen molar-refractivity contribution in [3.05, 3.63) is 18.0 Å². The lowest BCUT2D eigenvalue weighted by atomic mass is 9.83. The molecule has 170 valence electrons. The molecule has 0 aromatic carbocycles. The second-order valence-electron chi connectivity index (χ2n) is 9.03. The predicted octanol–water partition coefficient (Wildman–Crippen LogP) is 3.17. The molecule has 0 spiro atoms. The van der Waals surface area contributed by atoms with E-state index in [2.05, 4.69) is 15.3 Å². The molecule has 0 unspecified atom stereocenters. The zero-order chi connectivity index (χ0) is 21.8. The lowest BCUT2D eigenvalue weighted by molar-refractivity contribution is 0.0651. The summed E-state index contributed by atoms with van der Waals surface area (Å²) in [5.41, 5.74) is 1.96. The minimum Gasteiger partial charge on any atom is -0.474 e. The fourth-order valence-corrected chi connectivity index (χ4v) is 4.70. The first kappa shape index (κ1) is 22.2. The molecule has 2 heterocycles. The van der Waals surface area contributed by atoms with Gasteiger partial charge in [-0.1, -0.05) is 0 Å². The first-order chi connectivity index (χ1) is 15.0. The van der Waals surface area contributed by atoms with E-state index in [4.69, 9.17) is 14.5 Å². The van der Waals surface area contributed by atoms with Crippen LogP contribution >= 0.6 is 0 Å². The minimum absolute atomic E-state index is 0.0503. The number of nitrogens with zero attached hydrogens (tertiary/aromatic N) is 3. The van der Waals surface area contributed by atoms with Crippen LogP contribution in [0, 0.1) is 0 Å². The predicted molar refractivity (Wildman–Crippen MR) is 118 cm³/mol. The summed E-state index contributed by atoms with van der Waals surface area (Å²) in [4.78, 5) is 14.0. The normalized spacial score (nSPS) is 27.7. The number of aromatic nitrogens is 3. The van der Waals surface area contributed by atoms with Gasteiger partial charge in [0.1, 0.15) is 6.10 Å². The van der Waals surface area contributed by atoms with E-state index in [1.807, 2.05) is 13.1 Å². The van der Waals surface area contributed by atoms with Crippen LogP contribution in [0.15, 0.2) is 12.4 Å². The highest BCUT2D eigenvalue weighted by molar-refractivity contribution is 5.86. The number of ether oxygens (including phenoxy) is 2. The summed E-state index contributed by atoms with van der Waals surface area (Å²) in [6.07, 6.45) is 9.92. The van der Waals surface area contributed by atoms with E-state index in [1.165, 1.54) is 0 Å². The smallest absolute Gasteiger partial charge is 0.224 e. The summed E-state index contributed by atoms with van der Waals surface area (Å²) in [7, 11) is 1.68. The van der Waals surface area contributed by atoms with Gasteiger partial charge in [0.2, 0.25) is 11.8 Å². The fraction of sp³-hybridized carbons (Fsp3) is 0.696. The standard InChI is InChI=1S/C23H34N4O4/c1-14(13-30-2)26-23-25-12-20-21(27-23)19(15-3-5-16(28)6-4-15)11-24-22(20)31-18-9-7-17(29)8-10-18/h11-12,14-18,28-29H,3-10,13H2,1-2H3,(H,25,26,27)/t14-,15?,16?,17?,18?/m0/s1. The van der Waals surface area contributed by atoms with E-state index in [-0.39, 0.29) is 24.4 Å². The Morgan fingerprint density at radius 2 is 1.68 bits per heavy atom. The molecule has 2 aliphatic carbocycles. The van der Waals surface area contributed by atoms with Crippen molar-refractivity contribution in [3.63, 3.8) is 0 Å². The molecule has 8 heteroatoms. The van der Waals surface area contributed by atoms with Crippen LogP contribution in [-0.4, -0.2) is 63.2 Å². The van der Waals surface area contributed by atoms with E-state index in [0.29, 0.717) is 24.4 Å². The summed E-state index contributed by atoms with van der Waals surface area (Å²) >= 11 is 0. The zero-order valence-electron chi connectivity index (χ0n) is 18.5. The minimum atomic E-state index is -0.223. The molecule has 2 aromatic heterocycles. The van der Waals surface area contributed by atoms with Crippen molar-refractivity contribution >= 4 is 16.9 Å². The fourth-order valence-electron chi connectivity index (χ4n) is 4.70. The molecule has 31 heavy (non-hydrogen) atoms. The Balaban J connectivity index is 1.65. The second-order valence-corrected chi connectivity index (χ2v) is 9.03. The van der Waals surface area contributed by atoms with Crippen molar-refractivity contribution < 1.29 is 19.7 Å². The number of hydrogen-bond acceptors (Lipinski definition) is 8. The molecular formula is C23H34N4O4. The van der Waals surface area contributed by atoms with Crippen molar-refractivity contribution in [1.82, 2.24) is 15.0 Å². The molecule has 0 amide bonds. The zero-order valence-corrected chi connectivity index (χ0v) is 18.5. The van der Waals surface area contributed by atoms with Gasteiger partial charge in [0, 0.05) is 31.1 Å².